The third kappa shape index (κ3) is 1.81. The van der Waals surface area contributed by atoms with Crippen molar-refractivity contribution in [1.82, 2.24) is 14.5 Å². The molecule has 100 valence electrons. The van der Waals surface area contributed by atoms with Gasteiger partial charge >= 0.3 is 0 Å². The fourth-order valence-corrected chi connectivity index (χ4v) is 3.13. The highest BCUT2D eigenvalue weighted by Crippen LogP contribution is 2.52. The van der Waals surface area contributed by atoms with Crippen LogP contribution in [0.25, 0.3) is 11.2 Å². The highest BCUT2D eigenvalue weighted by Gasteiger charge is 2.41. The molecule has 1 aliphatic rings. The fourth-order valence-electron chi connectivity index (χ4n) is 2.94. The average molecular weight is 284 g/mol. The molecule has 1 aromatic carbocycles. The number of nitrogens with zero attached hydrogens (tertiary/aromatic N) is 3. The Labute approximate surface area is 122 Å². The number of imidazole rings is 1. The minimum atomic E-state index is 0.425. The fraction of sp³-hybridized carbons (Fsp3) is 0.250. The first-order valence-electron chi connectivity index (χ1n) is 6.81. The lowest BCUT2D eigenvalue weighted by molar-refractivity contribution is 0.700. The van der Waals surface area contributed by atoms with Gasteiger partial charge in [0.1, 0.15) is 11.3 Å². The summed E-state index contributed by atoms with van der Waals surface area (Å²) in [6.45, 7) is 0. The number of rotatable bonds is 3. The van der Waals surface area contributed by atoms with Gasteiger partial charge in [-0.3, -0.25) is 0 Å². The Bertz CT molecular complexity index is 751. The minimum absolute atomic E-state index is 0.425. The molecule has 0 amide bonds. The van der Waals surface area contributed by atoms with Gasteiger partial charge in [0.05, 0.1) is 5.88 Å². The van der Waals surface area contributed by atoms with Crippen LogP contribution in [0, 0.1) is 0 Å². The molecule has 4 rings (SSSR count). The summed E-state index contributed by atoms with van der Waals surface area (Å²) < 4.78 is 2.22. The quantitative estimate of drug-likeness (QED) is 0.683. The Morgan fingerprint density at radius 1 is 1.15 bits per heavy atom. The molecule has 2 unspecified atom stereocenters. The van der Waals surface area contributed by atoms with Crippen molar-refractivity contribution in [3.05, 3.63) is 60.0 Å². The van der Waals surface area contributed by atoms with Gasteiger partial charge in [0.2, 0.25) is 0 Å². The zero-order valence-corrected chi connectivity index (χ0v) is 11.7. The number of alkyl halides is 1. The molecule has 0 N–H and O–H groups in total. The molecule has 1 aliphatic carbocycles. The monoisotopic (exact) mass is 283 g/mol. The number of pyridine rings is 1. The Kier molecular flexibility index (Phi) is 2.74. The topological polar surface area (TPSA) is 30.7 Å². The minimum Gasteiger partial charge on any atom is -0.308 e. The van der Waals surface area contributed by atoms with E-state index in [2.05, 4.69) is 44.9 Å². The van der Waals surface area contributed by atoms with Crippen LogP contribution in [0.4, 0.5) is 0 Å². The second kappa shape index (κ2) is 4.60. The zero-order valence-electron chi connectivity index (χ0n) is 10.9. The number of hydrogen-bond donors (Lipinski definition) is 0. The molecule has 4 heteroatoms. The lowest BCUT2D eigenvalue weighted by Crippen LogP contribution is -2.02. The van der Waals surface area contributed by atoms with E-state index in [1.807, 2.05) is 18.3 Å². The second-order valence-corrected chi connectivity index (χ2v) is 5.47. The molecule has 0 bridgehead atoms. The van der Waals surface area contributed by atoms with Gasteiger partial charge in [0.25, 0.3) is 0 Å². The van der Waals surface area contributed by atoms with Crippen LogP contribution in [0.3, 0.4) is 0 Å². The van der Waals surface area contributed by atoms with E-state index in [4.69, 9.17) is 11.6 Å². The maximum Gasteiger partial charge on any atom is 0.160 e. The summed E-state index contributed by atoms with van der Waals surface area (Å²) >= 11 is 6.06. The second-order valence-electron chi connectivity index (χ2n) is 5.20. The molecular weight excluding hydrogens is 270 g/mol. The molecule has 2 heterocycles. The Morgan fingerprint density at radius 3 is 2.80 bits per heavy atom. The van der Waals surface area contributed by atoms with Crippen molar-refractivity contribution in [2.24, 2.45) is 0 Å². The molecule has 2 atom stereocenters. The molecule has 3 nitrogen and oxygen atoms in total. The number of benzene rings is 1. The molecular formula is C16H14ClN3. The van der Waals surface area contributed by atoms with Gasteiger partial charge in [0, 0.05) is 18.2 Å². The van der Waals surface area contributed by atoms with E-state index >= 15 is 0 Å². The molecule has 20 heavy (non-hydrogen) atoms. The summed E-state index contributed by atoms with van der Waals surface area (Å²) in [5, 5.41) is 0. The van der Waals surface area contributed by atoms with Crippen LogP contribution in [-0.2, 0) is 5.88 Å². The van der Waals surface area contributed by atoms with E-state index in [-0.39, 0.29) is 0 Å². The van der Waals surface area contributed by atoms with E-state index in [0.29, 0.717) is 17.8 Å². The van der Waals surface area contributed by atoms with Crippen molar-refractivity contribution >= 4 is 22.8 Å². The van der Waals surface area contributed by atoms with Crippen LogP contribution < -0.4 is 0 Å². The van der Waals surface area contributed by atoms with Crippen molar-refractivity contribution < 1.29 is 0 Å². The lowest BCUT2D eigenvalue weighted by atomic mass is 10.1. The summed E-state index contributed by atoms with van der Waals surface area (Å²) in [7, 11) is 0. The van der Waals surface area contributed by atoms with E-state index in [1.54, 1.807) is 0 Å². The number of halogens is 1. The van der Waals surface area contributed by atoms with Gasteiger partial charge in [-0.25, -0.2) is 9.97 Å². The van der Waals surface area contributed by atoms with Crippen molar-refractivity contribution in [2.45, 2.75) is 24.3 Å². The van der Waals surface area contributed by atoms with Gasteiger partial charge in [-0.05, 0) is 24.1 Å². The summed E-state index contributed by atoms with van der Waals surface area (Å²) in [4.78, 5) is 9.07. The van der Waals surface area contributed by atoms with Crippen molar-refractivity contribution in [3.63, 3.8) is 0 Å². The SMILES string of the molecule is ClCc1nc2cccnc2n1C1CC1c1ccccc1. The van der Waals surface area contributed by atoms with Crippen molar-refractivity contribution in [2.75, 3.05) is 0 Å². The van der Waals surface area contributed by atoms with Crippen LogP contribution in [0.5, 0.6) is 0 Å². The van der Waals surface area contributed by atoms with Crippen molar-refractivity contribution in [1.29, 1.82) is 0 Å². The molecule has 0 saturated heterocycles. The van der Waals surface area contributed by atoms with Crippen LogP contribution in [0.15, 0.2) is 48.7 Å². The number of hydrogen-bond acceptors (Lipinski definition) is 2. The smallest absolute Gasteiger partial charge is 0.160 e. The van der Waals surface area contributed by atoms with Gasteiger partial charge in [-0.15, -0.1) is 11.6 Å². The Morgan fingerprint density at radius 2 is 2.00 bits per heavy atom. The number of aromatic nitrogens is 3. The molecule has 0 radical (unpaired) electrons. The standard InChI is InChI=1S/C16H14ClN3/c17-10-15-19-13-7-4-8-18-16(13)20(15)14-9-12(14)11-5-2-1-3-6-11/h1-8,12,14H,9-10H2. The first-order valence-corrected chi connectivity index (χ1v) is 7.34. The van der Waals surface area contributed by atoms with Gasteiger partial charge < -0.3 is 4.57 Å². The van der Waals surface area contributed by atoms with Crippen LogP contribution in [-0.4, -0.2) is 14.5 Å². The van der Waals surface area contributed by atoms with Crippen LogP contribution in [0.1, 0.15) is 29.8 Å². The van der Waals surface area contributed by atoms with Crippen molar-refractivity contribution in [3.8, 4) is 0 Å². The lowest BCUT2D eigenvalue weighted by Gasteiger charge is -2.06. The van der Waals surface area contributed by atoms with Gasteiger partial charge in [-0.2, -0.15) is 0 Å². The largest absolute Gasteiger partial charge is 0.308 e. The predicted molar refractivity (Wildman–Crippen MR) is 79.9 cm³/mol. The van der Waals surface area contributed by atoms with Gasteiger partial charge in [0.15, 0.2) is 5.65 Å². The van der Waals surface area contributed by atoms with Crippen LogP contribution in [0.2, 0.25) is 0 Å². The normalized spacial score (nSPS) is 21.2. The van der Waals surface area contributed by atoms with Gasteiger partial charge in [-0.1, -0.05) is 30.3 Å². The maximum absolute atomic E-state index is 6.06. The summed E-state index contributed by atoms with van der Waals surface area (Å²) in [6, 6.07) is 15.0. The summed E-state index contributed by atoms with van der Waals surface area (Å²) in [6.07, 6.45) is 2.95. The number of fused-ring (bicyclic) bond motifs is 1. The van der Waals surface area contributed by atoms with Crippen LogP contribution >= 0.6 is 11.6 Å². The highest BCUT2D eigenvalue weighted by atomic mass is 35.5. The van der Waals surface area contributed by atoms with E-state index in [9.17, 15) is 0 Å². The molecule has 0 spiro atoms. The molecule has 1 saturated carbocycles. The van der Waals surface area contributed by atoms with E-state index < -0.39 is 0 Å². The third-order valence-electron chi connectivity index (χ3n) is 3.96. The highest BCUT2D eigenvalue weighted by molar-refractivity contribution is 6.16. The zero-order chi connectivity index (χ0) is 13.5. The third-order valence-corrected chi connectivity index (χ3v) is 4.20. The predicted octanol–water partition coefficient (Wildman–Crippen LogP) is 3.90. The first kappa shape index (κ1) is 11.9. The summed E-state index contributed by atoms with van der Waals surface area (Å²) in [5.74, 6) is 1.90. The maximum atomic E-state index is 6.06. The molecule has 1 fully saturated rings. The first-order chi connectivity index (χ1) is 9.88. The van der Waals surface area contributed by atoms with E-state index in [0.717, 1.165) is 23.4 Å². The molecule has 0 aliphatic heterocycles. The molecule has 2 aromatic heterocycles. The van der Waals surface area contributed by atoms with E-state index in [1.165, 1.54) is 5.56 Å². The summed E-state index contributed by atoms with van der Waals surface area (Å²) in [5.41, 5.74) is 3.27. The average Bonchev–Trinajstić information content (AvgIpc) is 3.21. The molecule has 3 aromatic rings. The Hall–Kier alpha value is -1.87. The Balaban J connectivity index is 1.77.